The fourth-order valence-corrected chi connectivity index (χ4v) is 1.71. The summed E-state index contributed by atoms with van der Waals surface area (Å²) < 4.78 is 10.6. The van der Waals surface area contributed by atoms with Crippen molar-refractivity contribution in [1.82, 2.24) is 5.32 Å². The Morgan fingerprint density at radius 3 is 2.32 bits per heavy atom. The van der Waals surface area contributed by atoms with Crippen LogP contribution in [0.1, 0.15) is 33.3 Å². The number of carbonyl (C=O) groups is 2. The van der Waals surface area contributed by atoms with Gasteiger partial charge in [-0.2, -0.15) is 0 Å². The highest BCUT2D eigenvalue weighted by atomic mass is 16.6. The molecule has 1 aromatic carbocycles. The van der Waals surface area contributed by atoms with Crippen molar-refractivity contribution in [2.24, 2.45) is 0 Å². The standard InChI is InChI=1S/C16H23NO5/c1-11(21-10-12-8-6-5-7-9-12)13(14(18)19)17-15(20)22-16(2,3)4/h5-9,11,13H,10H2,1-4H3,(H,17,20)(H,18,19)/t11?,13-/m0/s1. The Hall–Kier alpha value is -2.08. The number of carboxylic acids is 1. The predicted molar refractivity (Wildman–Crippen MR) is 81.5 cm³/mol. The Labute approximate surface area is 130 Å². The number of aliphatic carboxylic acids is 1. The van der Waals surface area contributed by atoms with Gasteiger partial charge in [0.05, 0.1) is 12.7 Å². The van der Waals surface area contributed by atoms with E-state index in [1.54, 1.807) is 27.7 Å². The van der Waals surface area contributed by atoms with Gasteiger partial charge < -0.3 is 19.9 Å². The van der Waals surface area contributed by atoms with Crippen LogP contribution in [0.25, 0.3) is 0 Å². The third-order valence-electron chi connectivity index (χ3n) is 2.76. The number of hydrogen-bond donors (Lipinski definition) is 2. The normalized spacial score (nSPS) is 14.0. The van der Waals surface area contributed by atoms with Crippen molar-refractivity contribution < 1.29 is 24.2 Å². The van der Waals surface area contributed by atoms with E-state index in [9.17, 15) is 14.7 Å². The number of amides is 1. The average molecular weight is 309 g/mol. The lowest BCUT2D eigenvalue weighted by atomic mass is 10.1. The highest BCUT2D eigenvalue weighted by Crippen LogP contribution is 2.09. The summed E-state index contributed by atoms with van der Waals surface area (Å²) in [5.74, 6) is -1.17. The lowest BCUT2D eigenvalue weighted by molar-refractivity contribution is -0.143. The molecule has 6 nitrogen and oxygen atoms in total. The molecule has 0 aromatic heterocycles. The van der Waals surface area contributed by atoms with E-state index in [0.29, 0.717) is 0 Å². The van der Waals surface area contributed by atoms with Crippen LogP contribution < -0.4 is 5.32 Å². The first-order chi connectivity index (χ1) is 10.2. The molecule has 6 heteroatoms. The first-order valence-electron chi connectivity index (χ1n) is 7.07. The number of hydrogen-bond acceptors (Lipinski definition) is 4. The molecule has 0 aliphatic rings. The predicted octanol–water partition coefficient (Wildman–Crippen LogP) is 2.57. The van der Waals surface area contributed by atoms with Gasteiger partial charge in [0.1, 0.15) is 5.60 Å². The van der Waals surface area contributed by atoms with Gasteiger partial charge in [-0.25, -0.2) is 9.59 Å². The zero-order valence-corrected chi connectivity index (χ0v) is 13.3. The van der Waals surface area contributed by atoms with Gasteiger partial charge in [-0.05, 0) is 33.3 Å². The van der Waals surface area contributed by atoms with E-state index in [4.69, 9.17) is 9.47 Å². The minimum absolute atomic E-state index is 0.266. The molecule has 0 saturated heterocycles. The summed E-state index contributed by atoms with van der Waals surface area (Å²) >= 11 is 0. The topological polar surface area (TPSA) is 84.9 Å². The summed E-state index contributed by atoms with van der Waals surface area (Å²) in [5, 5.41) is 11.6. The van der Waals surface area contributed by atoms with E-state index in [-0.39, 0.29) is 6.61 Å². The highest BCUT2D eigenvalue weighted by Gasteiger charge is 2.29. The van der Waals surface area contributed by atoms with Crippen molar-refractivity contribution >= 4 is 12.1 Å². The van der Waals surface area contributed by atoms with E-state index in [0.717, 1.165) is 5.56 Å². The van der Waals surface area contributed by atoms with Crippen LogP contribution in [-0.4, -0.2) is 34.9 Å². The number of ether oxygens (including phenoxy) is 2. The number of carbonyl (C=O) groups excluding carboxylic acids is 1. The molecule has 0 aliphatic heterocycles. The number of nitrogens with one attached hydrogen (secondary N) is 1. The Kier molecular flexibility index (Phi) is 6.37. The van der Waals surface area contributed by atoms with Gasteiger partial charge in [-0.1, -0.05) is 30.3 Å². The number of benzene rings is 1. The van der Waals surface area contributed by atoms with Crippen LogP contribution in [0.5, 0.6) is 0 Å². The number of alkyl carbamates (subject to hydrolysis) is 1. The number of rotatable bonds is 6. The Bertz CT molecular complexity index is 495. The van der Waals surface area contributed by atoms with Crippen molar-refractivity contribution in [2.75, 3.05) is 0 Å². The molecule has 1 amide bonds. The van der Waals surface area contributed by atoms with Crippen LogP contribution in [0.2, 0.25) is 0 Å². The van der Waals surface area contributed by atoms with Crippen LogP contribution in [0, 0.1) is 0 Å². The molecule has 1 unspecified atom stereocenters. The molecule has 1 rings (SSSR count). The van der Waals surface area contributed by atoms with E-state index in [2.05, 4.69) is 5.32 Å². The molecule has 0 spiro atoms. The van der Waals surface area contributed by atoms with Gasteiger partial charge in [-0.3, -0.25) is 0 Å². The molecule has 2 atom stereocenters. The third-order valence-corrected chi connectivity index (χ3v) is 2.76. The largest absolute Gasteiger partial charge is 0.480 e. The van der Waals surface area contributed by atoms with E-state index < -0.39 is 29.8 Å². The van der Waals surface area contributed by atoms with Crippen LogP contribution >= 0.6 is 0 Å². The monoisotopic (exact) mass is 309 g/mol. The molecule has 0 fully saturated rings. The summed E-state index contributed by atoms with van der Waals surface area (Å²) in [6.45, 7) is 6.98. The van der Waals surface area contributed by atoms with Crippen LogP contribution in [-0.2, 0) is 20.9 Å². The minimum Gasteiger partial charge on any atom is -0.480 e. The summed E-state index contributed by atoms with van der Waals surface area (Å²) in [5.41, 5.74) is 0.233. The molecule has 0 saturated carbocycles. The zero-order chi connectivity index (χ0) is 16.8. The lowest BCUT2D eigenvalue weighted by Crippen LogP contribution is -2.50. The summed E-state index contributed by atoms with van der Waals surface area (Å²) in [4.78, 5) is 23.0. The lowest BCUT2D eigenvalue weighted by Gasteiger charge is -2.25. The number of carboxylic acid groups (broad SMARTS) is 1. The Morgan fingerprint density at radius 1 is 1.23 bits per heavy atom. The van der Waals surface area contributed by atoms with E-state index in [1.165, 1.54) is 0 Å². The molecule has 2 N–H and O–H groups in total. The summed E-state index contributed by atoms with van der Waals surface area (Å²) in [7, 11) is 0. The molecular formula is C16H23NO5. The van der Waals surface area contributed by atoms with Crippen LogP contribution in [0.4, 0.5) is 4.79 Å². The molecule has 0 radical (unpaired) electrons. The second kappa shape index (κ2) is 7.79. The first-order valence-corrected chi connectivity index (χ1v) is 7.07. The molecular weight excluding hydrogens is 286 g/mol. The zero-order valence-electron chi connectivity index (χ0n) is 13.3. The van der Waals surface area contributed by atoms with Crippen molar-refractivity contribution in [3.05, 3.63) is 35.9 Å². The van der Waals surface area contributed by atoms with Gasteiger partial charge in [-0.15, -0.1) is 0 Å². The Balaban J connectivity index is 2.58. The van der Waals surface area contributed by atoms with Crippen LogP contribution in [0.3, 0.4) is 0 Å². The molecule has 0 bridgehead atoms. The highest BCUT2D eigenvalue weighted by molar-refractivity contribution is 5.80. The van der Waals surface area contributed by atoms with E-state index in [1.807, 2.05) is 30.3 Å². The molecule has 22 heavy (non-hydrogen) atoms. The first kappa shape index (κ1) is 18.0. The minimum atomic E-state index is -1.18. The van der Waals surface area contributed by atoms with Crippen molar-refractivity contribution in [3.8, 4) is 0 Å². The van der Waals surface area contributed by atoms with Crippen molar-refractivity contribution in [1.29, 1.82) is 0 Å². The summed E-state index contributed by atoms with van der Waals surface area (Å²) in [6.07, 6.45) is -1.49. The van der Waals surface area contributed by atoms with E-state index >= 15 is 0 Å². The summed E-state index contributed by atoms with van der Waals surface area (Å²) in [6, 6.07) is 8.21. The maximum absolute atomic E-state index is 11.7. The second-order valence-electron chi connectivity index (χ2n) is 5.96. The van der Waals surface area contributed by atoms with Gasteiger partial charge in [0.2, 0.25) is 0 Å². The fourth-order valence-electron chi connectivity index (χ4n) is 1.71. The quantitative estimate of drug-likeness (QED) is 0.843. The van der Waals surface area contributed by atoms with Crippen LogP contribution in [0.15, 0.2) is 30.3 Å². The van der Waals surface area contributed by atoms with Gasteiger partial charge in [0.25, 0.3) is 0 Å². The van der Waals surface area contributed by atoms with Gasteiger partial charge >= 0.3 is 12.1 Å². The van der Waals surface area contributed by atoms with Crippen molar-refractivity contribution in [2.45, 2.75) is 52.0 Å². The Morgan fingerprint density at radius 2 is 1.82 bits per heavy atom. The smallest absolute Gasteiger partial charge is 0.408 e. The fraction of sp³-hybridized carbons (Fsp3) is 0.500. The van der Waals surface area contributed by atoms with Gasteiger partial charge in [0.15, 0.2) is 6.04 Å². The second-order valence-corrected chi connectivity index (χ2v) is 5.96. The average Bonchev–Trinajstić information content (AvgIpc) is 2.41. The molecule has 1 aromatic rings. The third kappa shape index (κ3) is 6.58. The SMILES string of the molecule is CC(OCc1ccccc1)[C@H](NC(=O)OC(C)(C)C)C(=O)O. The van der Waals surface area contributed by atoms with Gasteiger partial charge in [0, 0.05) is 0 Å². The maximum atomic E-state index is 11.7. The molecule has 122 valence electrons. The maximum Gasteiger partial charge on any atom is 0.408 e. The molecule has 0 heterocycles. The molecule has 0 aliphatic carbocycles. The van der Waals surface area contributed by atoms with Crippen molar-refractivity contribution in [3.63, 3.8) is 0 Å².